The minimum absolute atomic E-state index is 0.171. The van der Waals surface area contributed by atoms with Crippen molar-refractivity contribution in [1.29, 1.82) is 0 Å². The van der Waals surface area contributed by atoms with Crippen LogP contribution >= 0.6 is 15.9 Å². The zero-order valence-electron chi connectivity index (χ0n) is 4.33. The maximum absolute atomic E-state index is 10.2. The van der Waals surface area contributed by atoms with Gasteiger partial charge in [0.1, 0.15) is 6.26 Å². The van der Waals surface area contributed by atoms with Crippen molar-refractivity contribution in [3.63, 3.8) is 0 Å². The molecule has 0 amide bonds. The Balaban J connectivity index is 2.25. The summed E-state index contributed by atoms with van der Waals surface area (Å²) >= 11 is 3.17. The van der Waals surface area contributed by atoms with Gasteiger partial charge in [-0.25, -0.2) is 0 Å². The van der Waals surface area contributed by atoms with Gasteiger partial charge in [-0.2, -0.15) is 0 Å². The van der Waals surface area contributed by atoms with Crippen molar-refractivity contribution in [2.24, 2.45) is 0 Å². The van der Waals surface area contributed by atoms with Crippen LogP contribution in [0.3, 0.4) is 0 Å². The highest BCUT2D eigenvalue weighted by Crippen LogP contribution is 2.48. The Bertz CT molecular complexity index is 200. The van der Waals surface area contributed by atoms with Crippen LogP contribution in [0.1, 0.15) is 0 Å². The Morgan fingerprint density at radius 1 is 1.89 bits per heavy atom. The number of hydrogen-bond donors (Lipinski definition) is 0. The van der Waals surface area contributed by atoms with E-state index >= 15 is 0 Å². The standard InChI is InChI=1S/C5H3BrO3/c6-3-1-8-5(2-7)4(3)9-5/h1-2,4H. The first-order chi connectivity index (χ1) is 4.28. The molecule has 0 aromatic heterocycles. The van der Waals surface area contributed by atoms with E-state index in [-0.39, 0.29) is 6.10 Å². The molecule has 2 unspecified atom stereocenters. The Morgan fingerprint density at radius 3 is 2.89 bits per heavy atom. The van der Waals surface area contributed by atoms with E-state index in [1.54, 1.807) is 0 Å². The molecule has 3 nitrogen and oxygen atoms in total. The molecule has 2 rings (SSSR count). The summed E-state index contributed by atoms with van der Waals surface area (Å²) in [7, 11) is 0. The van der Waals surface area contributed by atoms with Crippen molar-refractivity contribution in [2.75, 3.05) is 0 Å². The molecule has 2 aliphatic heterocycles. The molecule has 2 heterocycles. The van der Waals surface area contributed by atoms with E-state index in [0.29, 0.717) is 6.29 Å². The monoisotopic (exact) mass is 190 g/mol. The molecule has 4 heteroatoms. The van der Waals surface area contributed by atoms with Gasteiger partial charge in [0.25, 0.3) is 5.79 Å². The Hall–Kier alpha value is -0.350. The van der Waals surface area contributed by atoms with E-state index in [9.17, 15) is 4.79 Å². The molecule has 1 fully saturated rings. The van der Waals surface area contributed by atoms with Crippen LogP contribution in [0.25, 0.3) is 0 Å². The van der Waals surface area contributed by atoms with Gasteiger partial charge in [0.05, 0.1) is 4.48 Å². The number of hydrogen-bond acceptors (Lipinski definition) is 3. The number of carbonyl (C=O) groups excluding carboxylic acids is 1. The number of rotatable bonds is 1. The molecule has 2 atom stereocenters. The lowest BCUT2D eigenvalue weighted by atomic mass is 10.3. The van der Waals surface area contributed by atoms with Gasteiger partial charge in [-0.1, -0.05) is 0 Å². The highest BCUT2D eigenvalue weighted by Gasteiger charge is 2.64. The third-order valence-corrected chi connectivity index (χ3v) is 1.98. The highest BCUT2D eigenvalue weighted by molar-refractivity contribution is 9.11. The SMILES string of the molecule is O=CC12OC=C(Br)C1O2. The van der Waals surface area contributed by atoms with Crippen molar-refractivity contribution in [3.05, 3.63) is 10.7 Å². The Kier molecular flexibility index (Phi) is 0.834. The minimum atomic E-state index is -0.946. The minimum Gasteiger partial charge on any atom is -0.459 e. The molecule has 2 aliphatic rings. The summed E-state index contributed by atoms with van der Waals surface area (Å²) in [5, 5.41) is 0. The summed E-state index contributed by atoms with van der Waals surface area (Å²) in [6, 6.07) is 0. The van der Waals surface area contributed by atoms with Crippen LogP contribution in [-0.4, -0.2) is 18.2 Å². The molecule has 0 aliphatic carbocycles. The molecule has 0 bridgehead atoms. The number of aldehydes is 1. The molecule has 9 heavy (non-hydrogen) atoms. The molecule has 0 radical (unpaired) electrons. The molecule has 0 saturated carbocycles. The number of fused-ring (bicyclic) bond motifs is 1. The smallest absolute Gasteiger partial charge is 0.299 e. The summed E-state index contributed by atoms with van der Waals surface area (Å²) in [5.74, 6) is -0.946. The van der Waals surface area contributed by atoms with E-state index < -0.39 is 5.79 Å². The summed E-state index contributed by atoms with van der Waals surface area (Å²) in [6.07, 6.45) is 1.99. The van der Waals surface area contributed by atoms with Gasteiger partial charge in [0.15, 0.2) is 12.4 Å². The fourth-order valence-electron chi connectivity index (χ4n) is 0.816. The molecule has 0 N–H and O–H groups in total. The largest absolute Gasteiger partial charge is 0.459 e. The van der Waals surface area contributed by atoms with Gasteiger partial charge in [-0.15, -0.1) is 0 Å². The van der Waals surface area contributed by atoms with E-state index in [4.69, 9.17) is 9.47 Å². The Morgan fingerprint density at radius 2 is 2.67 bits per heavy atom. The molecule has 1 saturated heterocycles. The lowest BCUT2D eigenvalue weighted by Crippen LogP contribution is -2.14. The summed E-state index contributed by atoms with van der Waals surface area (Å²) in [6.45, 7) is 0. The van der Waals surface area contributed by atoms with Crippen LogP contribution in [-0.2, 0) is 14.3 Å². The first-order valence-electron chi connectivity index (χ1n) is 2.46. The van der Waals surface area contributed by atoms with Gasteiger partial charge in [-0.05, 0) is 15.9 Å². The normalized spacial score (nSPS) is 45.0. The van der Waals surface area contributed by atoms with E-state index in [2.05, 4.69) is 15.9 Å². The predicted molar refractivity (Wildman–Crippen MR) is 31.8 cm³/mol. The number of carbonyl (C=O) groups is 1. The zero-order chi connectivity index (χ0) is 6.48. The second-order valence-corrected chi connectivity index (χ2v) is 2.87. The van der Waals surface area contributed by atoms with Gasteiger partial charge in [0, 0.05) is 0 Å². The molecular formula is C5H3BrO3. The predicted octanol–water partition coefficient (Wildman–Crippen LogP) is 0.547. The zero-order valence-corrected chi connectivity index (χ0v) is 5.92. The maximum atomic E-state index is 10.2. The van der Waals surface area contributed by atoms with Gasteiger partial charge in [0.2, 0.25) is 0 Å². The second-order valence-electron chi connectivity index (χ2n) is 1.96. The van der Waals surface area contributed by atoms with Gasteiger partial charge < -0.3 is 9.47 Å². The number of epoxide rings is 1. The lowest BCUT2D eigenvalue weighted by molar-refractivity contribution is -0.123. The average molecular weight is 191 g/mol. The third kappa shape index (κ3) is 0.521. The topological polar surface area (TPSA) is 38.8 Å². The van der Waals surface area contributed by atoms with Crippen molar-refractivity contribution < 1.29 is 14.3 Å². The van der Waals surface area contributed by atoms with Crippen LogP contribution in [0, 0.1) is 0 Å². The quantitative estimate of drug-likeness (QED) is 0.448. The number of ether oxygens (including phenoxy) is 2. The van der Waals surface area contributed by atoms with E-state index in [0.717, 1.165) is 4.48 Å². The van der Waals surface area contributed by atoms with Crippen LogP contribution in [0.2, 0.25) is 0 Å². The summed E-state index contributed by atoms with van der Waals surface area (Å²) in [4.78, 5) is 10.2. The van der Waals surface area contributed by atoms with Crippen molar-refractivity contribution in [2.45, 2.75) is 11.9 Å². The van der Waals surface area contributed by atoms with Crippen LogP contribution in [0.4, 0.5) is 0 Å². The second kappa shape index (κ2) is 1.38. The first kappa shape index (κ1) is 5.44. The fraction of sp³-hybridized carbons (Fsp3) is 0.400. The van der Waals surface area contributed by atoms with Crippen LogP contribution < -0.4 is 0 Å². The van der Waals surface area contributed by atoms with Crippen molar-refractivity contribution in [3.8, 4) is 0 Å². The van der Waals surface area contributed by atoms with Gasteiger partial charge in [-0.3, -0.25) is 4.79 Å². The Labute approximate surface area is 59.8 Å². The molecule has 0 aromatic rings. The molecule has 48 valence electrons. The highest BCUT2D eigenvalue weighted by atomic mass is 79.9. The molecular weight excluding hydrogens is 188 g/mol. The summed E-state index contributed by atoms with van der Waals surface area (Å²) < 4.78 is 10.6. The first-order valence-corrected chi connectivity index (χ1v) is 3.25. The van der Waals surface area contributed by atoms with E-state index in [1.807, 2.05) is 0 Å². The van der Waals surface area contributed by atoms with Crippen LogP contribution in [0.5, 0.6) is 0 Å². The average Bonchev–Trinajstić information content (AvgIpc) is 2.53. The van der Waals surface area contributed by atoms with Crippen LogP contribution in [0.15, 0.2) is 10.7 Å². The fourth-order valence-corrected chi connectivity index (χ4v) is 1.32. The lowest BCUT2D eigenvalue weighted by Gasteiger charge is -1.95. The van der Waals surface area contributed by atoms with Gasteiger partial charge >= 0.3 is 0 Å². The molecule has 0 aromatic carbocycles. The molecule has 0 spiro atoms. The van der Waals surface area contributed by atoms with Crippen molar-refractivity contribution in [1.82, 2.24) is 0 Å². The summed E-state index contributed by atoms with van der Waals surface area (Å²) in [5.41, 5.74) is 0. The van der Waals surface area contributed by atoms with Crippen molar-refractivity contribution >= 4 is 22.2 Å². The maximum Gasteiger partial charge on any atom is 0.299 e. The number of halogens is 1. The van der Waals surface area contributed by atoms with E-state index in [1.165, 1.54) is 6.26 Å². The third-order valence-electron chi connectivity index (χ3n) is 1.38.